The molecule has 1 fully saturated rings. The molecule has 0 spiro atoms. The maximum Gasteiger partial charge on any atom is 0.263 e. The lowest BCUT2D eigenvalue weighted by Crippen LogP contribution is -2.43. The van der Waals surface area contributed by atoms with Crippen LogP contribution < -0.4 is 5.56 Å². The van der Waals surface area contributed by atoms with Crippen molar-refractivity contribution in [3.05, 3.63) is 20.8 Å². The predicted octanol–water partition coefficient (Wildman–Crippen LogP) is 4.25. The second kappa shape index (κ2) is 7.95. The van der Waals surface area contributed by atoms with Crippen LogP contribution in [0.5, 0.6) is 0 Å². The minimum atomic E-state index is 0.00152. The Balaban J connectivity index is 1.87. The smallest absolute Gasteiger partial charge is 0.263 e. The van der Waals surface area contributed by atoms with Crippen molar-refractivity contribution in [2.24, 2.45) is 11.8 Å². The van der Waals surface area contributed by atoms with Crippen molar-refractivity contribution >= 4 is 39.2 Å². The number of piperidine rings is 1. The SMILES string of the molecule is Cc1sc2nc(SCC(=O)N3C[C@H](C)C[C@H](C)C3)n(C(C)C)c(=O)c2c1C. The summed E-state index contributed by atoms with van der Waals surface area (Å²) in [6.45, 7) is 14.1. The number of fused-ring (bicyclic) bond motifs is 1. The van der Waals surface area contributed by atoms with Crippen molar-refractivity contribution in [2.45, 2.75) is 59.2 Å². The molecular weight excluding hydrogens is 378 g/mol. The maximum atomic E-state index is 13.1. The summed E-state index contributed by atoms with van der Waals surface area (Å²) in [6, 6.07) is 0.00152. The number of amides is 1. The molecule has 27 heavy (non-hydrogen) atoms. The van der Waals surface area contributed by atoms with Gasteiger partial charge in [-0.05, 0) is 51.5 Å². The summed E-state index contributed by atoms with van der Waals surface area (Å²) >= 11 is 2.95. The standard InChI is InChI=1S/C20H29N3O2S2/c1-11(2)23-19(25)17-14(5)15(6)27-18(17)21-20(23)26-10-16(24)22-8-12(3)7-13(4)9-22/h11-13H,7-10H2,1-6H3/t12-,13+. The molecule has 0 radical (unpaired) electrons. The van der Waals surface area contributed by atoms with Crippen molar-refractivity contribution in [2.75, 3.05) is 18.8 Å². The fraction of sp³-hybridized carbons (Fsp3) is 0.650. The molecule has 0 bridgehead atoms. The van der Waals surface area contributed by atoms with Crippen LogP contribution in [0.15, 0.2) is 9.95 Å². The molecule has 2 aromatic heterocycles. The molecule has 0 aromatic carbocycles. The normalized spacial score (nSPS) is 20.6. The lowest BCUT2D eigenvalue weighted by molar-refractivity contribution is -0.130. The Kier molecular flexibility index (Phi) is 6.01. The summed E-state index contributed by atoms with van der Waals surface area (Å²) in [7, 11) is 0. The molecule has 2 aromatic rings. The number of nitrogens with zero attached hydrogens (tertiary/aromatic N) is 3. The summed E-state index contributed by atoms with van der Waals surface area (Å²) in [5.41, 5.74) is 1.03. The highest BCUT2D eigenvalue weighted by molar-refractivity contribution is 7.99. The van der Waals surface area contributed by atoms with Crippen LogP contribution in [-0.2, 0) is 4.79 Å². The number of carbonyl (C=O) groups excluding carboxylic acids is 1. The molecule has 0 unspecified atom stereocenters. The van der Waals surface area contributed by atoms with Gasteiger partial charge in [0.2, 0.25) is 5.91 Å². The summed E-state index contributed by atoms with van der Waals surface area (Å²) < 4.78 is 1.74. The van der Waals surface area contributed by atoms with E-state index >= 15 is 0 Å². The summed E-state index contributed by atoms with van der Waals surface area (Å²) in [6.07, 6.45) is 1.18. The number of hydrogen-bond acceptors (Lipinski definition) is 5. The van der Waals surface area contributed by atoms with Crippen LogP contribution in [0, 0.1) is 25.7 Å². The van der Waals surface area contributed by atoms with Gasteiger partial charge in [0.25, 0.3) is 5.56 Å². The number of thioether (sulfide) groups is 1. The monoisotopic (exact) mass is 407 g/mol. The number of aryl methyl sites for hydroxylation is 2. The van der Waals surface area contributed by atoms with E-state index in [1.54, 1.807) is 15.9 Å². The van der Waals surface area contributed by atoms with E-state index in [1.165, 1.54) is 18.2 Å². The highest BCUT2D eigenvalue weighted by atomic mass is 32.2. The Bertz CT molecular complexity index is 906. The highest BCUT2D eigenvalue weighted by Gasteiger charge is 2.26. The molecule has 7 heteroatoms. The molecule has 3 rings (SSSR count). The van der Waals surface area contributed by atoms with Crippen LogP contribution in [0.2, 0.25) is 0 Å². The molecule has 1 aliphatic heterocycles. The minimum absolute atomic E-state index is 0.00152. The van der Waals surface area contributed by atoms with Crippen molar-refractivity contribution in [1.29, 1.82) is 0 Å². The van der Waals surface area contributed by atoms with Crippen molar-refractivity contribution in [1.82, 2.24) is 14.5 Å². The summed E-state index contributed by atoms with van der Waals surface area (Å²) in [5, 5.41) is 1.37. The second-order valence-electron chi connectivity index (χ2n) is 8.16. The van der Waals surface area contributed by atoms with Crippen LogP contribution in [0.3, 0.4) is 0 Å². The summed E-state index contributed by atoms with van der Waals surface area (Å²) in [5.74, 6) is 1.56. The van der Waals surface area contributed by atoms with Crippen LogP contribution in [0.25, 0.3) is 10.2 Å². The topological polar surface area (TPSA) is 55.2 Å². The first-order chi connectivity index (χ1) is 12.7. The Hall–Kier alpha value is -1.34. The predicted molar refractivity (Wildman–Crippen MR) is 114 cm³/mol. The molecule has 1 saturated heterocycles. The number of aromatic nitrogens is 2. The first kappa shape index (κ1) is 20.4. The second-order valence-corrected chi connectivity index (χ2v) is 10.3. The first-order valence-electron chi connectivity index (χ1n) is 9.61. The zero-order valence-electron chi connectivity index (χ0n) is 17.0. The lowest BCUT2D eigenvalue weighted by Gasteiger charge is -2.35. The van der Waals surface area contributed by atoms with E-state index < -0.39 is 0 Å². The van der Waals surface area contributed by atoms with Gasteiger partial charge in [-0.15, -0.1) is 11.3 Å². The molecule has 0 saturated carbocycles. The maximum absolute atomic E-state index is 13.1. The third kappa shape index (κ3) is 4.09. The average Bonchev–Trinajstić information content (AvgIpc) is 2.85. The van der Waals surface area contributed by atoms with Gasteiger partial charge in [-0.25, -0.2) is 4.98 Å². The molecule has 1 amide bonds. The van der Waals surface area contributed by atoms with Gasteiger partial charge in [-0.2, -0.15) is 0 Å². The van der Waals surface area contributed by atoms with Gasteiger partial charge in [-0.1, -0.05) is 25.6 Å². The zero-order valence-corrected chi connectivity index (χ0v) is 18.7. The van der Waals surface area contributed by atoms with E-state index in [-0.39, 0.29) is 17.5 Å². The summed E-state index contributed by atoms with van der Waals surface area (Å²) in [4.78, 5) is 34.5. The van der Waals surface area contributed by atoms with Crippen molar-refractivity contribution in [3.8, 4) is 0 Å². The first-order valence-corrected chi connectivity index (χ1v) is 11.4. The number of likely N-dealkylation sites (tertiary alicyclic amines) is 1. The Labute approximate surface area is 169 Å². The molecule has 0 aliphatic carbocycles. The molecule has 5 nitrogen and oxygen atoms in total. The van der Waals surface area contributed by atoms with Crippen molar-refractivity contribution in [3.63, 3.8) is 0 Å². The van der Waals surface area contributed by atoms with E-state index in [2.05, 4.69) is 13.8 Å². The van der Waals surface area contributed by atoms with Gasteiger partial charge in [0, 0.05) is 24.0 Å². The zero-order chi connectivity index (χ0) is 19.9. The largest absolute Gasteiger partial charge is 0.341 e. The Morgan fingerprint density at radius 1 is 1.26 bits per heavy atom. The van der Waals surface area contributed by atoms with Gasteiger partial charge in [-0.3, -0.25) is 14.2 Å². The van der Waals surface area contributed by atoms with Gasteiger partial charge in [0.1, 0.15) is 4.83 Å². The van der Waals surface area contributed by atoms with Crippen LogP contribution in [0.1, 0.15) is 50.6 Å². The van der Waals surface area contributed by atoms with Crippen LogP contribution >= 0.6 is 23.1 Å². The van der Waals surface area contributed by atoms with Crippen LogP contribution in [-0.4, -0.2) is 39.2 Å². The average molecular weight is 408 g/mol. The van der Waals surface area contributed by atoms with Gasteiger partial charge < -0.3 is 4.90 Å². The highest BCUT2D eigenvalue weighted by Crippen LogP contribution is 2.30. The third-order valence-corrected chi connectivity index (χ3v) is 7.30. The number of carbonyl (C=O) groups is 1. The van der Waals surface area contributed by atoms with E-state index in [0.29, 0.717) is 22.7 Å². The third-order valence-electron chi connectivity index (χ3n) is 5.27. The number of hydrogen-bond donors (Lipinski definition) is 0. The van der Waals surface area contributed by atoms with E-state index in [0.717, 1.165) is 33.7 Å². The van der Waals surface area contributed by atoms with Crippen molar-refractivity contribution < 1.29 is 4.79 Å². The van der Waals surface area contributed by atoms with E-state index in [1.807, 2.05) is 32.6 Å². The minimum Gasteiger partial charge on any atom is -0.341 e. The number of thiophene rings is 1. The Morgan fingerprint density at radius 2 is 1.89 bits per heavy atom. The van der Waals surface area contributed by atoms with E-state index in [9.17, 15) is 9.59 Å². The Morgan fingerprint density at radius 3 is 2.48 bits per heavy atom. The fourth-order valence-electron chi connectivity index (χ4n) is 3.93. The molecule has 0 N–H and O–H groups in total. The molecule has 3 heterocycles. The molecule has 148 valence electrons. The van der Waals surface area contributed by atoms with Gasteiger partial charge in [0.05, 0.1) is 11.1 Å². The lowest BCUT2D eigenvalue weighted by atomic mass is 9.92. The van der Waals surface area contributed by atoms with E-state index in [4.69, 9.17) is 4.98 Å². The van der Waals surface area contributed by atoms with Gasteiger partial charge >= 0.3 is 0 Å². The molecular formula is C20H29N3O2S2. The molecule has 2 atom stereocenters. The quantitative estimate of drug-likeness (QED) is 0.561. The van der Waals surface area contributed by atoms with Crippen LogP contribution in [0.4, 0.5) is 0 Å². The van der Waals surface area contributed by atoms with Gasteiger partial charge in [0.15, 0.2) is 5.16 Å². The fourth-order valence-corrected chi connectivity index (χ4v) is 6.03. The number of rotatable bonds is 4. The molecule has 1 aliphatic rings.